The van der Waals surface area contributed by atoms with Crippen molar-refractivity contribution in [1.82, 2.24) is 9.78 Å². The molecule has 0 aliphatic carbocycles. The number of halogens is 1. The summed E-state index contributed by atoms with van der Waals surface area (Å²) in [4.78, 5) is 13.3. The van der Waals surface area contributed by atoms with Crippen molar-refractivity contribution < 1.29 is 4.79 Å². The zero-order valence-electron chi connectivity index (χ0n) is 6.13. The summed E-state index contributed by atoms with van der Waals surface area (Å²) in [5, 5.41) is 4.07. The Morgan fingerprint density at radius 2 is 2.36 bits per heavy atom. The van der Waals surface area contributed by atoms with Crippen LogP contribution < -0.4 is 0 Å². The van der Waals surface area contributed by atoms with Gasteiger partial charge in [-0.15, -0.1) is 0 Å². The summed E-state index contributed by atoms with van der Waals surface area (Å²) in [6.45, 7) is 1.77. The molecule has 4 nitrogen and oxygen atoms in total. The molecule has 0 fully saturated rings. The van der Waals surface area contributed by atoms with Crippen molar-refractivity contribution in [2.24, 2.45) is 12.0 Å². The van der Waals surface area contributed by atoms with E-state index in [4.69, 9.17) is 11.6 Å². The molecule has 0 bridgehead atoms. The standard InChI is InChI=1S/C6H6ClN3O/c1-4-5(8-3-11)6(7)9-10(4)2/h1-2H3. The Morgan fingerprint density at radius 3 is 2.73 bits per heavy atom. The first-order chi connectivity index (χ1) is 5.16. The van der Waals surface area contributed by atoms with Crippen molar-refractivity contribution in [2.45, 2.75) is 6.92 Å². The summed E-state index contributed by atoms with van der Waals surface area (Å²) in [5.41, 5.74) is 1.14. The van der Waals surface area contributed by atoms with E-state index in [1.165, 1.54) is 6.08 Å². The molecule has 0 saturated carbocycles. The second-order valence-electron chi connectivity index (χ2n) is 2.05. The Hall–Kier alpha value is -1.12. The SMILES string of the molecule is Cc1c(N=C=O)c(Cl)nn1C. The van der Waals surface area contributed by atoms with Gasteiger partial charge in [-0.3, -0.25) is 4.68 Å². The number of isocyanates is 1. The quantitative estimate of drug-likeness (QED) is 0.473. The molecule has 1 aromatic heterocycles. The molecule has 1 aromatic rings. The molecule has 0 N–H and O–H groups in total. The Kier molecular flexibility index (Phi) is 2.08. The highest BCUT2D eigenvalue weighted by Crippen LogP contribution is 2.26. The first kappa shape index (κ1) is 7.98. The fourth-order valence-electron chi connectivity index (χ4n) is 0.729. The first-order valence-corrected chi connectivity index (χ1v) is 3.31. The molecular weight excluding hydrogens is 166 g/mol. The summed E-state index contributed by atoms with van der Waals surface area (Å²) in [6.07, 6.45) is 1.42. The molecular formula is C6H6ClN3O. The van der Waals surface area contributed by atoms with Gasteiger partial charge in [-0.1, -0.05) is 11.6 Å². The largest absolute Gasteiger partial charge is 0.269 e. The third kappa shape index (κ3) is 1.31. The number of carbonyl (C=O) groups excluding carboxylic acids is 1. The lowest BCUT2D eigenvalue weighted by atomic mass is 10.4. The van der Waals surface area contributed by atoms with E-state index in [2.05, 4.69) is 10.1 Å². The second-order valence-corrected chi connectivity index (χ2v) is 2.41. The second kappa shape index (κ2) is 2.86. The molecule has 0 aromatic carbocycles. The van der Waals surface area contributed by atoms with Gasteiger partial charge in [0.2, 0.25) is 6.08 Å². The van der Waals surface area contributed by atoms with Crippen LogP contribution in [0.5, 0.6) is 0 Å². The monoisotopic (exact) mass is 171 g/mol. The maximum Gasteiger partial charge on any atom is 0.240 e. The molecule has 0 aliphatic heterocycles. The highest BCUT2D eigenvalue weighted by molar-refractivity contribution is 6.32. The van der Waals surface area contributed by atoms with Crippen LogP contribution in [0.25, 0.3) is 0 Å². The van der Waals surface area contributed by atoms with Crippen LogP contribution in [-0.4, -0.2) is 15.9 Å². The lowest BCUT2D eigenvalue weighted by molar-refractivity contribution is 0.565. The molecule has 5 heteroatoms. The molecule has 58 valence electrons. The van der Waals surface area contributed by atoms with Crippen molar-refractivity contribution in [1.29, 1.82) is 0 Å². The molecule has 1 heterocycles. The Morgan fingerprint density at radius 1 is 1.73 bits per heavy atom. The number of aryl methyl sites for hydroxylation is 1. The Balaban J connectivity index is 3.33. The summed E-state index contributed by atoms with van der Waals surface area (Å²) in [7, 11) is 1.73. The van der Waals surface area contributed by atoms with E-state index in [-0.39, 0.29) is 5.15 Å². The minimum absolute atomic E-state index is 0.230. The predicted molar refractivity (Wildman–Crippen MR) is 40.7 cm³/mol. The molecule has 0 amide bonds. The fraction of sp³-hybridized carbons (Fsp3) is 0.333. The molecule has 0 atom stereocenters. The van der Waals surface area contributed by atoms with Crippen LogP contribution in [-0.2, 0) is 11.8 Å². The van der Waals surface area contributed by atoms with Gasteiger partial charge in [-0.05, 0) is 6.92 Å². The van der Waals surface area contributed by atoms with Crippen LogP contribution in [0.3, 0.4) is 0 Å². The number of nitrogens with zero attached hydrogens (tertiary/aromatic N) is 3. The number of aromatic nitrogens is 2. The van der Waals surface area contributed by atoms with E-state index in [1.54, 1.807) is 18.7 Å². The van der Waals surface area contributed by atoms with E-state index in [0.29, 0.717) is 5.69 Å². The maximum atomic E-state index is 9.90. The highest BCUT2D eigenvalue weighted by atomic mass is 35.5. The van der Waals surface area contributed by atoms with Gasteiger partial charge in [0.15, 0.2) is 5.15 Å². The van der Waals surface area contributed by atoms with Gasteiger partial charge in [-0.2, -0.15) is 10.1 Å². The summed E-state index contributed by atoms with van der Waals surface area (Å²) in [5.74, 6) is 0. The number of hydrogen-bond donors (Lipinski definition) is 0. The van der Waals surface area contributed by atoms with E-state index in [9.17, 15) is 4.79 Å². The van der Waals surface area contributed by atoms with E-state index in [0.717, 1.165) is 5.69 Å². The van der Waals surface area contributed by atoms with Crippen molar-refractivity contribution in [2.75, 3.05) is 0 Å². The predicted octanol–water partition coefficient (Wildman–Crippen LogP) is 1.35. The van der Waals surface area contributed by atoms with Crippen LogP contribution in [0, 0.1) is 6.92 Å². The molecule has 1 rings (SSSR count). The van der Waals surface area contributed by atoms with Gasteiger partial charge in [0, 0.05) is 7.05 Å². The highest BCUT2D eigenvalue weighted by Gasteiger charge is 2.08. The van der Waals surface area contributed by atoms with E-state index < -0.39 is 0 Å². The minimum atomic E-state index is 0.230. The van der Waals surface area contributed by atoms with Gasteiger partial charge in [0.1, 0.15) is 5.69 Å². The normalized spacial score (nSPS) is 9.36. The minimum Gasteiger partial charge on any atom is -0.269 e. The first-order valence-electron chi connectivity index (χ1n) is 2.93. The summed E-state index contributed by atoms with van der Waals surface area (Å²) in [6, 6.07) is 0. The van der Waals surface area contributed by atoms with E-state index >= 15 is 0 Å². The van der Waals surface area contributed by atoms with Gasteiger partial charge >= 0.3 is 0 Å². The van der Waals surface area contributed by atoms with E-state index in [1.807, 2.05) is 0 Å². The number of rotatable bonds is 1. The van der Waals surface area contributed by atoms with Gasteiger partial charge < -0.3 is 0 Å². The van der Waals surface area contributed by atoms with Gasteiger partial charge in [-0.25, -0.2) is 4.79 Å². The van der Waals surface area contributed by atoms with Crippen LogP contribution >= 0.6 is 11.6 Å². The Bertz CT molecular complexity index is 325. The van der Waals surface area contributed by atoms with Crippen molar-refractivity contribution >= 4 is 23.4 Å². The number of aliphatic imine (C=N–C) groups is 1. The smallest absolute Gasteiger partial charge is 0.240 e. The van der Waals surface area contributed by atoms with Gasteiger partial charge in [0.25, 0.3) is 0 Å². The Labute approximate surface area is 68.5 Å². The molecule has 0 radical (unpaired) electrons. The molecule has 0 unspecified atom stereocenters. The third-order valence-corrected chi connectivity index (χ3v) is 1.67. The van der Waals surface area contributed by atoms with Crippen molar-refractivity contribution in [3.8, 4) is 0 Å². The van der Waals surface area contributed by atoms with Crippen LogP contribution in [0.15, 0.2) is 4.99 Å². The molecule has 0 spiro atoms. The topological polar surface area (TPSA) is 47.2 Å². The van der Waals surface area contributed by atoms with Crippen LogP contribution in [0.2, 0.25) is 5.15 Å². The summed E-state index contributed by atoms with van der Waals surface area (Å²) >= 11 is 5.62. The van der Waals surface area contributed by atoms with Gasteiger partial charge in [0.05, 0.1) is 5.69 Å². The third-order valence-electron chi connectivity index (χ3n) is 1.42. The van der Waals surface area contributed by atoms with Crippen molar-refractivity contribution in [3.05, 3.63) is 10.8 Å². The average Bonchev–Trinajstić information content (AvgIpc) is 2.17. The van der Waals surface area contributed by atoms with Crippen LogP contribution in [0.1, 0.15) is 5.69 Å². The average molecular weight is 172 g/mol. The number of hydrogen-bond acceptors (Lipinski definition) is 3. The fourth-order valence-corrected chi connectivity index (χ4v) is 1.02. The lowest BCUT2D eigenvalue weighted by Crippen LogP contribution is -1.91. The zero-order valence-corrected chi connectivity index (χ0v) is 6.88. The molecule has 0 aliphatic rings. The summed E-state index contributed by atoms with van der Waals surface area (Å²) < 4.78 is 1.55. The van der Waals surface area contributed by atoms with Crippen molar-refractivity contribution in [3.63, 3.8) is 0 Å². The maximum absolute atomic E-state index is 9.90. The lowest BCUT2D eigenvalue weighted by Gasteiger charge is -1.89. The van der Waals surface area contributed by atoms with Crippen LogP contribution in [0.4, 0.5) is 5.69 Å². The molecule has 0 saturated heterocycles. The zero-order chi connectivity index (χ0) is 8.43. The molecule has 11 heavy (non-hydrogen) atoms.